The highest BCUT2D eigenvalue weighted by Crippen LogP contribution is 2.04. The molecule has 0 aromatic rings. The smallest absolute Gasteiger partial charge is 0.242 e. The lowest BCUT2D eigenvalue weighted by molar-refractivity contribution is -0.129. The lowest BCUT2D eigenvalue weighted by Gasteiger charge is -2.32. The van der Waals surface area contributed by atoms with E-state index in [4.69, 9.17) is 5.41 Å². The zero-order valence-corrected chi connectivity index (χ0v) is 7.13. The minimum Gasteiger partial charge on any atom is -0.306 e. The molecule has 1 atom stereocenters. The Morgan fingerprint density at radius 3 is 3.08 bits per heavy atom. The number of hydrogen-bond donors (Lipinski definition) is 2. The summed E-state index contributed by atoms with van der Waals surface area (Å²) >= 11 is 0. The van der Waals surface area contributed by atoms with Gasteiger partial charge in [0.1, 0.15) is 5.84 Å². The summed E-state index contributed by atoms with van der Waals surface area (Å²) in [6, 6.07) is 0.0525. The third kappa shape index (κ3) is 1.53. The minimum absolute atomic E-state index is 0.0525. The number of hydrogen-bond acceptors (Lipinski definition) is 3. The Morgan fingerprint density at radius 2 is 2.58 bits per heavy atom. The highest BCUT2D eigenvalue weighted by Gasteiger charge is 2.26. The summed E-state index contributed by atoms with van der Waals surface area (Å²) in [5.41, 5.74) is 0. The lowest BCUT2D eigenvalue weighted by atomic mass is 10.2. The van der Waals surface area contributed by atoms with E-state index in [1.54, 1.807) is 0 Å². The summed E-state index contributed by atoms with van der Waals surface area (Å²) in [5, 5.41) is 10.4. The molecule has 1 rings (SSSR count). The zero-order chi connectivity index (χ0) is 9.14. The van der Waals surface area contributed by atoms with Crippen LogP contribution in [-0.2, 0) is 4.79 Å². The molecule has 1 aliphatic heterocycles. The molecule has 1 saturated heterocycles. The van der Waals surface area contributed by atoms with Gasteiger partial charge in [-0.25, -0.2) is 0 Å². The van der Waals surface area contributed by atoms with Gasteiger partial charge in [-0.1, -0.05) is 6.58 Å². The van der Waals surface area contributed by atoms with Crippen LogP contribution in [0.3, 0.4) is 0 Å². The normalized spacial score (nSPS) is 23.9. The molecule has 2 N–H and O–H groups in total. The Balaban J connectivity index is 2.75. The Morgan fingerprint density at radius 1 is 1.92 bits per heavy atom. The third-order valence-corrected chi connectivity index (χ3v) is 1.88. The van der Waals surface area contributed by atoms with E-state index in [9.17, 15) is 4.79 Å². The van der Waals surface area contributed by atoms with Crippen molar-refractivity contribution < 1.29 is 4.79 Å². The highest BCUT2D eigenvalue weighted by molar-refractivity contribution is 6.03. The first-order valence-electron chi connectivity index (χ1n) is 3.90. The van der Waals surface area contributed by atoms with E-state index in [2.05, 4.69) is 11.9 Å². The molecule has 4 heteroatoms. The predicted molar refractivity (Wildman–Crippen MR) is 47.1 cm³/mol. The van der Waals surface area contributed by atoms with Gasteiger partial charge in [-0.05, 0) is 13.0 Å². The van der Waals surface area contributed by atoms with Crippen molar-refractivity contribution in [2.75, 3.05) is 13.1 Å². The fraction of sp³-hybridized carbons (Fsp3) is 0.500. The minimum atomic E-state index is -0.0568. The van der Waals surface area contributed by atoms with Crippen LogP contribution >= 0.6 is 0 Å². The average molecular weight is 167 g/mol. The van der Waals surface area contributed by atoms with Gasteiger partial charge in [0.25, 0.3) is 0 Å². The van der Waals surface area contributed by atoms with Gasteiger partial charge in [0.2, 0.25) is 5.91 Å². The van der Waals surface area contributed by atoms with Crippen LogP contribution in [0.15, 0.2) is 12.7 Å². The molecule has 1 aliphatic rings. The summed E-state index contributed by atoms with van der Waals surface area (Å²) in [4.78, 5) is 12.7. The van der Waals surface area contributed by atoms with E-state index in [1.165, 1.54) is 11.0 Å². The van der Waals surface area contributed by atoms with E-state index < -0.39 is 0 Å². The summed E-state index contributed by atoms with van der Waals surface area (Å²) in [5.74, 6) is 0.132. The molecule has 1 fully saturated rings. The summed E-state index contributed by atoms with van der Waals surface area (Å²) in [7, 11) is 0. The summed E-state index contributed by atoms with van der Waals surface area (Å²) < 4.78 is 0. The number of rotatable bonds is 1. The molecule has 1 amide bonds. The van der Waals surface area contributed by atoms with Crippen LogP contribution in [0.4, 0.5) is 0 Å². The number of piperazine rings is 1. The Kier molecular flexibility index (Phi) is 2.60. The Bertz CT molecular complexity index is 224. The monoisotopic (exact) mass is 167 g/mol. The molecule has 0 aromatic heterocycles. The van der Waals surface area contributed by atoms with Gasteiger partial charge in [0.15, 0.2) is 0 Å². The number of amidine groups is 1. The second-order valence-electron chi connectivity index (χ2n) is 2.83. The molecule has 1 heterocycles. The predicted octanol–water partition coefficient (Wildman–Crippen LogP) is -0.0300. The van der Waals surface area contributed by atoms with Crippen molar-refractivity contribution in [2.45, 2.75) is 13.0 Å². The number of nitrogens with one attached hydrogen (secondary N) is 2. The van der Waals surface area contributed by atoms with E-state index in [0.29, 0.717) is 6.54 Å². The van der Waals surface area contributed by atoms with Gasteiger partial charge in [-0.15, -0.1) is 0 Å². The SMILES string of the molecule is C=CC(=N)N1C(=O)CNCC1C. The van der Waals surface area contributed by atoms with Crippen molar-refractivity contribution in [1.29, 1.82) is 5.41 Å². The molecule has 4 nitrogen and oxygen atoms in total. The van der Waals surface area contributed by atoms with Gasteiger partial charge in [0, 0.05) is 12.6 Å². The highest BCUT2D eigenvalue weighted by atomic mass is 16.2. The number of carbonyl (C=O) groups is 1. The summed E-state index contributed by atoms with van der Waals surface area (Å²) in [6.07, 6.45) is 1.39. The first-order valence-corrected chi connectivity index (χ1v) is 3.90. The molecule has 12 heavy (non-hydrogen) atoms. The van der Waals surface area contributed by atoms with Crippen molar-refractivity contribution in [3.8, 4) is 0 Å². The van der Waals surface area contributed by atoms with Gasteiger partial charge in [-0.3, -0.25) is 15.1 Å². The molecule has 66 valence electrons. The first kappa shape index (κ1) is 8.93. The van der Waals surface area contributed by atoms with E-state index >= 15 is 0 Å². The fourth-order valence-corrected chi connectivity index (χ4v) is 1.28. The second kappa shape index (κ2) is 3.49. The van der Waals surface area contributed by atoms with Crippen molar-refractivity contribution in [1.82, 2.24) is 10.2 Å². The van der Waals surface area contributed by atoms with Crippen LogP contribution in [-0.4, -0.2) is 35.8 Å². The largest absolute Gasteiger partial charge is 0.306 e. The molecule has 0 spiro atoms. The number of nitrogens with zero attached hydrogens (tertiary/aromatic N) is 1. The standard InChI is InChI=1S/C8H13N3O/c1-3-7(9)11-6(2)4-10-5-8(11)12/h3,6,9-10H,1,4-5H2,2H3. The molecule has 0 aromatic carbocycles. The molecular formula is C8H13N3O. The Labute approximate surface area is 71.8 Å². The topological polar surface area (TPSA) is 56.2 Å². The van der Waals surface area contributed by atoms with Crippen LogP contribution in [0.5, 0.6) is 0 Å². The molecule has 0 aliphatic carbocycles. The van der Waals surface area contributed by atoms with Crippen molar-refractivity contribution in [3.63, 3.8) is 0 Å². The maximum atomic E-state index is 11.3. The second-order valence-corrected chi connectivity index (χ2v) is 2.83. The fourth-order valence-electron chi connectivity index (χ4n) is 1.28. The van der Waals surface area contributed by atoms with Crippen LogP contribution in [0.1, 0.15) is 6.92 Å². The first-order chi connectivity index (χ1) is 5.66. The third-order valence-electron chi connectivity index (χ3n) is 1.88. The molecular weight excluding hydrogens is 154 g/mol. The van der Waals surface area contributed by atoms with Crippen LogP contribution in [0.25, 0.3) is 0 Å². The number of carbonyl (C=O) groups excluding carboxylic acids is 1. The van der Waals surface area contributed by atoms with Crippen molar-refractivity contribution in [2.24, 2.45) is 0 Å². The van der Waals surface area contributed by atoms with Crippen LogP contribution in [0, 0.1) is 5.41 Å². The van der Waals surface area contributed by atoms with Crippen molar-refractivity contribution in [3.05, 3.63) is 12.7 Å². The van der Waals surface area contributed by atoms with E-state index in [0.717, 1.165) is 6.54 Å². The lowest BCUT2D eigenvalue weighted by Crippen LogP contribution is -2.55. The van der Waals surface area contributed by atoms with E-state index in [1.807, 2.05) is 6.92 Å². The molecule has 0 bridgehead atoms. The quantitative estimate of drug-likeness (QED) is 0.425. The van der Waals surface area contributed by atoms with Gasteiger partial charge in [-0.2, -0.15) is 0 Å². The molecule has 0 saturated carbocycles. The Hall–Kier alpha value is -1.16. The van der Waals surface area contributed by atoms with E-state index in [-0.39, 0.29) is 17.8 Å². The number of amides is 1. The van der Waals surface area contributed by atoms with Gasteiger partial charge in [0.05, 0.1) is 6.54 Å². The average Bonchev–Trinajstić information content (AvgIpc) is 2.03. The molecule has 1 unspecified atom stereocenters. The molecule has 0 radical (unpaired) electrons. The van der Waals surface area contributed by atoms with Crippen LogP contribution in [0.2, 0.25) is 0 Å². The van der Waals surface area contributed by atoms with Gasteiger partial charge < -0.3 is 5.32 Å². The van der Waals surface area contributed by atoms with Crippen molar-refractivity contribution >= 4 is 11.7 Å². The maximum absolute atomic E-state index is 11.3. The van der Waals surface area contributed by atoms with Gasteiger partial charge >= 0.3 is 0 Å². The maximum Gasteiger partial charge on any atom is 0.242 e. The summed E-state index contributed by atoms with van der Waals surface area (Å²) in [6.45, 7) is 6.43. The van der Waals surface area contributed by atoms with Crippen LogP contribution < -0.4 is 5.32 Å². The zero-order valence-electron chi connectivity index (χ0n) is 7.13.